The normalized spacial score (nSPS) is 10.8. The SMILES string of the molecule is O=C(O)c1cccc2nc(Cc3ccc(Cl)cc3)oc12. The Morgan fingerprint density at radius 1 is 1.20 bits per heavy atom. The molecule has 0 bridgehead atoms. The molecule has 3 rings (SSSR count). The fourth-order valence-electron chi connectivity index (χ4n) is 2.02. The molecule has 1 aromatic heterocycles. The predicted molar refractivity (Wildman–Crippen MR) is 75.2 cm³/mol. The molecule has 0 saturated carbocycles. The van der Waals surface area contributed by atoms with Gasteiger partial charge in [-0.1, -0.05) is 29.8 Å². The zero-order valence-corrected chi connectivity index (χ0v) is 11.1. The number of halogens is 1. The maximum Gasteiger partial charge on any atom is 0.339 e. The molecule has 5 heteroatoms. The van der Waals surface area contributed by atoms with Gasteiger partial charge < -0.3 is 9.52 Å². The zero-order chi connectivity index (χ0) is 14.1. The van der Waals surface area contributed by atoms with Crippen molar-refractivity contribution in [3.05, 3.63) is 64.5 Å². The van der Waals surface area contributed by atoms with E-state index in [2.05, 4.69) is 4.98 Å². The van der Waals surface area contributed by atoms with E-state index < -0.39 is 5.97 Å². The maximum absolute atomic E-state index is 11.1. The fraction of sp³-hybridized carbons (Fsp3) is 0.0667. The van der Waals surface area contributed by atoms with Gasteiger partial charge in [0.1, 0.15) is 11.1 Å². The molecule has 0 atom stereocenters. The number of benzene rings is 2. The van der Waals surface area contributed by atoms with Crippen LogP contribution in [0.3, 0.4) is 0 Å². The minimum atomic E-state index is -1.02. The van der Waals surface area contributed by atoms with Crippen LogP contribution in [0.4, 0.5) is 0 Å². The van der Waals surface area contributed by atoms with Crippen molar-refractivity contribution in [2.45, 2.75) is 6.42 Å². The number of nitrogens with zero attached hydrogens (tertiary/aromatic N) is 1. The van der Waals surface area contributed by atoms with Crippen LogP contribution in [0.2, 0.25) is 5.02 Å². The summed E-state index contributed by atoms with van der Waals surface area (Å²) in [6, 6.07) is 12.2. The third kappa shape index (κ3) is 2.38. The predicted octanol–water partition coefficient (Wildman–Crippen LogP) is 3.77. The minimum absolute atomic E-state index is 0.123. The molecule has 0 saturated heterocycles. The number of carboxylic acid groups (broad SMARTS) is 1. The summed E-state index contributed by atoms with van der Waals surface area (Å²) < 4.78 is 5.57. The van der Waals surface area contributed by atoms with Gasteiger partial charge in [0.25, 0.3) is 0 Å². The summed E-state index contributed by atoms with van der Waals surface area (Å²) >= 11 is 5.83. The lowest BCUT2D eigenvalue weighted by atomic mass is 10.1. The van der Waals surface area contributed by atoms with Crippen LogP contribution in [-0.2, 0) is 6.42 Å². The molecular formula is C15H10ClNO3. The monoisotopic (exact) mass is 287 g/mol. The van der Waals surface area contributed by atoms with Crippen LogP contribution in [0.15, 0.2) is 46.9 Å². The van der Waals surface area contributed by atoms with E-state index in [-0.39, 0.29) is 5.56 Å². The Kier molecular flexibility index (Phi) is 3.16. The lowest BCUT2D eigenvalue weighted by Crippen LogP contribution is -1.95. The molecule has 1 heterocycles. The number of fused-ring (bicyclic) bond motifs is 1. The molecule has 3 aromatic rings. The number of hydrogen-bond donors (Lipinski definition) is 1. The van der Waals surface area contributed by atoms with Gasteiger partial charge >= 0.3 is 5.97 Å². The second-order valence-corrected chi connectivity index (χ2v) is 4.81. The number of para-hydroxylation sites is 1. The van der Waals surface area contributed by atoms with Crippen molar-refractivity contribution < 1.29 is 14.3 Å². The summed E-state index contributed by atoms with van der Waals surface area (Å²) in [6.07, 6.45) is 0.491. The highest BCUT2D eigenvalue weighted by molar-refractivity contribution is 6.30. The first-order valence-corrected chi connectivity index (χ1v) is 6.37. The first-order valence-electron chi connectivity index (χ1n) is 5.99. The van der Waals surface area contributed by atoms with E-state index >= 15 is 0 Å². The van der Waals surface area contributed by atoms with E-state index in [1.54, 1.807) is 24.3 Å². The molecule has 0 amide bonds. The summed E-state index contributed by atoms with van der Waals surface area (Å²) in [5.41, 5.74) is 1.98. The van der Waals surface area contributed by atoms with Gasteiger partial charge in [-0.25, -0.2) is 9.78 Å². The van der Waals surface area contributed by atoms with Crippen molar-refractivity contribution in [1.29, 1.82) is 0 Å². The molecule has 0 aliphatic heterocycles. The second-order valence-electron chi connectivity index (χ2n) is 4.37. The van der Waals surface area contributed by atoms with Crippen LogP contribution in [0, 0.1) is 0 Å². The molecule has 100 valence electrons. The zero-order valence-electron chi connectivity index (χ0n) is 10.3. The molecule has 0 spiro atoms. The van der Waals surface area contributed by atoms with E-state index in [9.17, 15) is 4.79 Å². The molecule has 4 nitrogen and oxygen atoms in total. The van der Waals surface area contributed by atoms with Crippen molar-refractivity contribution in [2.24, 2.45) is 0 Å². The Morgan fingerprint density at radius 2 is 1.95 bits per heavy atom. The van der Waals surface area contributed by atoms with Gasteiger partial charge in [-0.15, -0.1) is 0 Å². The van der Waals surface area contributed by atoms with Gasteiger partial charge in [-0.05, 0) is 29.8 Å². The Labute approximate surface area is 119 Å². The molecule has 0 aliphatic carbocycles. The van der Waals surface area contributed by atoms with Gasteiger partial charge in [0.2, 0.25) is 0 Å². The summed E-state index contributed by atoms with van der Waals surface area (Å²) in [6.45, 7) is 0. The van der Waals surface area contributed by atoms with E-state index in [1.807, 2.05) is 12.1 Å². The molecule has 0 aliphatic rings. The summed E-state index contributed by atoms with van der Waals surface area (Å²) in [4.78, 5) is 15.4. The number of carbonyl (C=O) groups is 1. The molecule has 20 heavy (non-hydrogen) atoms. The van der Waals surface area contributed by atoms with Gasteiger partial charge in [0.05, 0.1) is 0 Å². The second kappa shape index (κ2) is 4.98. The summed E-state index contributed by atoms with van der Waals surface area (Å²) in [5.74, 6) is -0.541. The van der Waals surface area contributed by atoms with E-state index in [4.69, 9.17) is 21.1 Å². The highest BCUT2D eigenvalue weighted by Crippen LogP contribution is 2.22. The third-order valence-electron chi connectivity index (χ3n) is 2.96. The summed E-state index contributed by atoms with van der Waals surface area (Å²) in [5, 5.41) is 9.78. The third-order valence-corrected chi connectivity index (χ3v) is 3.21. The van der Waals surface area contributed by atoms with E-state index in [0.29, 0.717) is 28.4 Å². The smallest absolute Gasteiger partial charge is 0.339 e. The van der Waals surface area contributed by atoms with E-state index in [0.717, 1.165) is 5.56 Å². The van der Waals surface area contributed by atoms with Crippen LogP contribution in [0.25, 0.3) is 11.1 Å². The quantitative estimate of drug-likeness (QED) is 0.796. The number of aromatic carboxylic acids is 1. The van der Waals surface area contributed by atoms with Crippen LogP contribution >= 0.6 is 11.6 Å². The van der Waals surface area contributed by atoms with Crippen molar-refractivity contribution in [3.8, 4) is 0 Å². The standard InChI is InChI=1S/C15H10ClNO3/c16-10-6-4-9(5-7-10)8-13-17-12-3-1-2-11(15(18)19)14(12)20-13/h1-7H,8H2,(H,18,19). The van der Waals surface area contributed by atoms with Crippen molar-refractivity contribution >= 4 is 28.7 Å². The van der Waals surface area contributed by atoms with Gasteiger partial charge in [0, 0.05) is 11.4 Å². The van der Waals surface area contributed by atoms with Gasteiger partial charge in [-0.2, -0.15) is 0 Å². The number of oxazole rings is 1. The molecular weight excluding hydrogens is 278 g/mol. The topological polar surface area (TPSA) is 63.3 Å². The lowest BCUT2D eigenvalue weighted by molar-refractivity contribution is 0.0698. The molecule has 0 fully saturated rings. The Morgan fingerprint density at radius 3 is 2.65 bits per heavy atom. The average Bonchev–Trinajstić information content (AvgIpc) is 2.83. The van der Waals surface area contributed by atoms with Gasteiger partial charge in [-0.3, -0.25) is 0 Å². The highest BCUT2D eigenvalue weighted by Gasteiger charge is 2.14. The maximum atomic E-state index is 11.1. The molecule has 1 N–H and O–H groups in total. The van der Waals surface area contributed by atoms with E-state index in [1.165, 1.54) is 6.07 Å². The minimum Gasteiger partial charge on any atom is -0.478 e. The Hall–Kier alpha value is -2.33. The van der Waals surface area contributed by atoms with Crippen LogP contribution in [0.1, 0.15) is 21.8 Å². The summed E-state index contributed by atoms with van der Waals surface area (Å²) in [7, 11) is 0. The molecule has 0 radical (unpaired) electrons. The first-order chi connectivity index (χ1) is 9.63. The highest BCUT2D eigenvalue weighted by atomic mass is 35.5. The Balaban J connectivity index is 1.99. The van der Waals surface area contributed by atoms with Crippen LogP contribution in [-0.4, -0.2) is 16.1 Å². The van der Waals surface area contributed by atoms with Gasteiger partial charge in [0.15, 0.2) is 11.5 Å². The Bertz CT molecular complexity index is 777. The largest absolute Gasteiger partial charge is 0.478 e. The molecule has 2 aromatic carbocycles. The van der Waals surface area contributed by atoms with Crippen molar-refractivity contribution in [2.75, 3.05) is 0 Å². The van der Waals surface area contributed by atoms with Crippen LogP contribution in [0.5, 0.6) is 0 Å². The molecule has 0 unspecified atom stereocenters. The van der Waals surface area contributed by atoms with Crippen LogP contribution < -0.4 is 0 Å². The number of rotatable bonds is 3. The lowest BCUT2D eigenvalue weighted by Gasteiger charge is -1.97. The van der Waals surface area contributed by atoms with Crippen molar-refractivity contribution in [3.63, 3.8) is 0 Å². The number of aromatic nitrogens is 1. The average molecular weight is 288 g/mol. The first kappa shape index (κ1) is 12.7. The number of hydrogen-bond acceptors (Lipinski definition) is 3. The number of carboxylic acids is 1. The van der Waals surface area contributed by atoms with Crippen molar-refractivity contribution in [1.82, 2.24) is 4.98 Å². The fourth-order valence-corrected chi connectivity index (χ4v) is 2.14.